The third kappa shape index (κ3) is 5.39. The van der Waals surface area contributed by atoms with Gasteiger partial charge in [-0.05, 0) is 67.4 Å². The van der Waals surface area contributed by atoms with Gasteiger partial charge < -0.3 is 10.1 Å². The largest absolute Gasteiger partial charge is 0.494 e. The number of carbonyl (C=O) groups is 1. The smallest absolute Gasteiger partial charge is 0.261 e. The van der Waals surface area contributed by atoms with Crippen LogP contribution in [0.3, 0.4) is 0 Å². The predicted octanol–water partition coefficient (Wildman–Crippen LogP) is 4.12. The number of benzene rings is 3. The van der Waals surface area contributed by atoms with Crippen molar-refractivity contribution in [2.75, 3.05) is 11.3 Å². The Hall–Kier alpha value is -3.32. The number of anilines is 1. The van der Waals surface area contributed by atoms with E-state index < -0.39 is 10.0 Å². The molecule has 0 aliphatic heterocycles. The Bertz CT molecular complexity index is 1110. The van der Waals surface area contributed by atoms with Gasteiger partial charge in [0.25, 0.3) is 15.9 Å². The fraction of sp³-hybridized carbons (Fsp3) is 0.174. The van der Waals surface area contributed by atoms with Crippen molar-refractivity contribution in [2.24, 2.45) is 0 Å². The molecule has 0 spiro atoms. The van der Waals surface area contributed by atoms with Crippen LogP contribution >= 0.6 is 0 Å². The van der Waals surface area contributed by atoms with E-state index in [4.69, 9.17) is 4.74 Å². The van der Waals surface area contributed by atoms with Gasteiger partial charge in [0.2, 0.25) is 0 Å². The highest BCUT2D eigenvalue weighted by Crippen LogP contribution is 2.21. The summed E-state index contributed by atoms with van der Waals surface area (Å²) < 4.78 is 33.0. The van der Waals surface area contributed by atoms with E-state index in [0.717, 1.165) is 11.3 Å². The number of hydrogen-bond acceptors (Lipinski definition) is 4. The first-order chi connectivity index (χ1) is 14.4. The van der Waals surface area contributed by atoms with Crippen LogP contribution in [0.1, 0.15) is 28.4 Å². The van der Waals surface area contributed by atoms with E-state index in [1.165, 1.54) is 12.1 Å². The van der Waals surface area contributed by atoms with Crippen molar-refractivity contribution >= 4 is 21.6 Å². The fourth-order valence-corrected chi connectivity index (χ4v) is 4.03. The van der Waals surface area contributed by atoms with Crippen molar-refractivity contribution in [3.05, 3.63) is 89.5 Å². The second-order valence-corrected chi connectivity index (χ2v) is 8.39. The summed E-state index contributed by atoms with van der Waals surface area (Å²) >= 11 is 0. The van der Waals surface area contributed by atoms with Gasteiger partial charge in [0.1, 0.15) is 5.75 Å². The van der Waals surface area contributed by atoms with Crippen molar-refractivity contribution in [1.82, 2.24) is 5.32 Å². The second-order valence-electron chi connectivity index (χ2n) is 6.71. The molecule has 3 aromatic carbocycles. The number of sulfonamides is 1. The lowest BCUT2D eigenvalue weighted by Gasteiger charge is -2.12. The molecule has 7 heteroatoms. The van der Waals surface area contributed by atoms with E-state index in [0.29, 0.717) is 30.0 Å². The molecule has 0 fully saturated rings. The highest BCUT2D eigenvalue weighted by molar-refractivity contribution is 7.92. The summed E-state index contributed by atoms with van der Waals surface area (Å²) in [5, 5.41) is 2.87. The van der Waals surface area contributed by atoms with Crippen molar-refractivity contribution in [3.63, 3.8) is 0 Å². The van der Waals surface area contributed by atoms with Crippen molar-refractivity contribution in [1.29, 1.82) is 0 Å². The number of rotatable bonds is 8. The Kier molecular flexibility index (Phi) is 6.74. The van der Waals surface area contributed by atoms with Crippen LogP contribution in [0.2, 0.25) is 0 Å². The van der Waals surface area contributed by atoms with Crippen molar-refractivity contribution < 1.29 is 17.9 Å². The molecule has 0 saturated carbocycles. The van der Waals surface area contributed by atoms with Gasteiger partial charge in [0.15, 0.2) is 0 Å². The normalized spacial score (nSPS) is 11.0. The summed E-state index contributed by atoms with van der Waals surface area (Å²) in [5.74, 6) is 0.557. The van der Waals surface area contributed by atoms with E-state index in [2.05, 4.69) is 10.0 Å². The van der Waals surface area contributed by atoms with Crippen LogP contribution in [-0.4, -0.2) is 20.9 Å². The molecule has 0 saturated heterocycles. The van der Waals surface area contributed by atoms with Crippen LogP contribution in [-0.2, 0) is 16.6 Å². The molecular formula is C23H24N2O4S. The lowest BCUT2D eigenvalue weighted by atomic mass is 10.1. The Morgan fingerprint density at radius 3 is 2.30 bits per heavy atom. The van der Waals surface area contributed by atoms with E-state index in [9.17, 15) is 13.2 Å². The molecule has 0 unspecified atom stereocenters. The van der Waals surface area contributed by atoms with Gasteiger partial charge in [0.05, 0.1) is 17.2 Å². The van der Waals surface area contributed by atoms with E-state index in [-0.39, 0.29) is 10.8 Å². The molecule has 2 N–H and O–H groups in total. The zero-order valence-corrected chi connectivity index (χ0v) is 17.7. The first-order valence-electron chi connectivity index (χ1n) is 9.57. The topological polar surface area (TPSA) is 84.5 Å². The first kappa shape index (κ1) is 21.4. The molecule has 0 heterocycles. The second kappa shape index (κ2) is 9.45. The van der Waals surface area contributed by atoms with Crippen molar-refractivity contribution in [2.45, 2.75) is 25.3 Å². The molecule has 0 aromatic heterocycles. The number of aryl methyl sites for hydroxylation is 1. The minimum atomic E-state index is -3.68. The van der Waals surface area contributed by atoms with Gasteiger partial charge in [-0.3, -0.25) is 9.52 Å². The molecular weight excluding hydrogens is 400 g/mol. The Labute approximate surface area is 177 Å². The van der Waals surface area contributed by atoms with Crippen LogP contribution < -0.4 is 14.8 Å². The highest BCUT2D eigenvalue weighted by Gasteiger charge is 2.15. The molecule has 6 nitrogen and oxygen atoms in total. The van der Waals surface area contributed by atoms with Crippen LogP contribution in [0, 0.1) is 6.92 Å². The quantitative estimate of drug-likeness (QED) is 0.570. The maximum absolute atomic E-state index is 12.5. The average molecular weight is 425 g/mol. The number of amides is 1. The van der Waals surface area contributed by atoms with E-state index in [1.807, 2.05) is 31.2 Å². The highest BCUT2D eigenvalue weighted by atomic mass is 32.2. The molecule has 1 amide bonds. The molecule has 156 valence electrons. The minimum absolute atomic E-state index is 0.182. The number of ether oxygens (including phenoxy) is 1. The van der Waals surface area contributed by atoms with Gasteiger partial charge in [-0.25, -0.2) is 8.42 Å². The minimum Gasteiger partial charge on any atom is -0.494 e. The van der Waals surface area contributed by atoms with Gasteiger partial charge in [-0.2, -0.15) is 0 Å². The standard InChI is InChI=1S/C23H24N2O4S/c1-3-29-20-12-9-18(10-13-20)16-24-23(26)19-11-14-22(17(2)15-19)25-30(27,28)21-7-5-4-6-8-21/h4-15,25H,3,16H2,1-2H3,(H,24,26). The van der Waals surface area contributed by atoms with Crippen LogP contribution in [0.25, 0.3) is 0 Å². The molecule has 0 radical (unpaired) electrons. The van der Waals surface area contributed by atoms with Gasteiger partial charge in [-0.1, -0.05) is 30.3 Å². The average Bonchev–Trinajstić information content (AvgIpc) is 2.75. The monoisotopic (exact) mass is 424 g/mol. The van der Waals surface area contributed by atoms with E-state index in [1.54, 1.807) is 43.3 Å². The molecule has 0 bridgehead atoms. The summed E-state index contributed by atoms with van der Waals surface area (Å²) in [6.45, 7) is 4.67. The molecule has 3 aromatic rings. The zero-order chi connectivity index (χ0) is 21.6. The third-order valence-corrected chi connectivity index (χ3v) is 5.86. The van der Waals surface area contributed by atoms with Crippen molar-refractivity contribution in [3.8, 4) is 5.75 Å². The molecule has 0 aliphatic carbocycles. The number of nitrogens with one attached hydrogen (secondary N) is 2. The van der Waals surface area contributed by atoms with E-state index >= 15 is 0 Å². The maximum atomic E-state index is 12.5. The summed E-state index contributed by atoms with van der Waals surface area (Å²) in [6.07, 6.45) is 0. The zero-order valence-electron chi connectivity index (χ0n) is 16.9. The lowest BCUT2D eigenvalue weighted by molar-refractivity contribution is 0.0951. The SMILES string of the molecule is CCOc1ccc(CNC(=O)c2ccc(NS(=O)(=O)c3ccccc3)c(C)c2)cc1. The summed E-state index contributed by atoms with van der Waals surface area (Å²) in [6, 6.07) is 20.5. The number of carbonyl (C=O) groups excluding carboxylic acids is 1. The first-order valence-corrected chi connectivity index (χ1v) is 11.1. The van der Waals surface area contributed by atoms with Crippen LogP contribution in [0.4, 0.5) is 5.69 Å². The predicted molar refractivity (Wildman–Crippen MR) is 117 cm³/mol. The molecule has 0 atom stereocenters. The Morgan fingerprint density at radius 2 is 1.67 bits per heavy atom. The lowest BCUT2D eigenvalue weighted by Crippen LogP contribution is -2.23. The van der Waals surface area contributed by atoms with Gasteiger partial charge >= 0.3 is 0 Å². The molecule has 0 aliphatic rings. The summed E-state index contributed by atoms with van der Waals surface area (Å²) in [5.41, 5.74) is 2.50. The van der Waals surface area contributed by atoms with Crippen LogP contribution in [0.15, 0.2) is 77.7 Å². The fourth-order valence-electron chi connectivity index (χ4n) is 2.88. The van der Waals surface area contributed by atoms with Gasteiger partial charge in [0, 0.05) is 12.1 Å². The van der Waals surface area contributed by atoms with Crippen LogP contribution in [0.5, 0.6) is 5.75 Å². The Balaban J connectivity index is 1.65. The third-order valence-electron chi connectivity index (χ3n) is 4.47. The summed E-state index contributed by atoms with van der Waals surface area (Å²) in [7, 11) is -3.68. The Morgan fingerprint density at radius 1 is 0.967 bits per heavy atom. The number of hydrogen-bond donors (Lipinski definition) is 2. The maximum Gasteiger partial charge on any atom is 0.261 e. The molecule has 3 rings (SSSR count). The summed E-state index contributed by atoms with van der Waals surface area (Å²) in [4.78, 5) is 12.7. The van der Waals surface area contributed by atoms with Gasteiger partial charge in [-0.15, -0.1) is 0 Å². The molecule has 30 heavy (non-hydrogen) atoms.